The van der Waals surface area contributed by atoms with E-state index in [4.69, 9.17) is 5.73 Å². The van der Waals surface area contributed by atoms with Crippen LogP contribution < -0.4 is 11.1 Å². The maximum Gasteiger partial charge on any atom is 0.268 e. The van der Waals surface area contributed by atoms with Crippen LogP contribution in [0.1, 0.15) is 51.8 Å². The molecule has 3 rings (SSSR count). The Balaban J connectivity index is 1.62. The van der Waals surface area contributed by atoms with Crippen LogP contribution >= 0.6 is 0 Å². The number of primary amides is 1. The Morgan fingerprint density at radius 2 is 2.12 bits per heavy atom. The first-order valence-electron chi connectivity index (χ1n) is 8.11. The van der Waals surface area contributed by atoms with Crippen molar-refractivity contribution in [1.29, 1.82) is 0 Å². The SMILES string of the molecule is NC(=O)c1ncccc1C(=O)NCCc1nnc2n1CCCCC2. The van der Waals surface area contributed by atoms with Crippen molar-refractivity contribution >= 4 is 11.8 Å². The van der Waals surface area contributed by atoms with Gasteiger partial charge >= 0.3 is 0 Å². The smallest absolute Gasteiger partial charge is 0.268 e. The lowest BCUT2D eigenvalue weighted by molar-refractivity contribution is 0.0933. The molecular formula is C16H20N6O2. The summed E-state index contributed by atoms with van der Waals surface area (Å²) in [5.74, 6) is 0.821. The molecule has 126 valence electrons. The van der Waals surface area contributed by atoms with Crippen molar-refractivity contribution in [1.82, 2.24) is 25.1 Å². The van der Waals surface area contributed by atoms with Crippen molar-refractivity contribution < 1.29 is 9.59 Å². The highest BCUT2D eigenvalue weighted by atomic mass is 16.2. The molecule has 0 aliphatic carbocycles. The zero-order valence-corrected chi connectivity index (χ0v) is 13.4. The Labute approximate surface area is 139 Å². The van der Waals surface area contributed by atoms with Gasteiger partial charge in [-0.05, 0) is 25.0 Å². The van der Waals surface area contributed by atoms with E-state index >= 15 is 0 Å². The zero-order valence-electron chi connectivity index (χ0n) is 13.4. The van der Waals surface area contributed by atoms with E-state index in [-0.39, 0.29) is 17.2 Å². The van der Waals surface area contributed by atoms with Crippen LogP contribution in [0.2, 0.25) is 0 Å². The van der Waals surface area contributed by atoms with E-state index in [1.165, 1.54) is 18.7 Å². The lowest BCUT2D eigenvalue weighted by Crippen LogP contribution is -2.29. The van der Waals surface area contributed by atoms with Crippen molar-refractivity contribution in [2.75, 3.05) is 6.54 Å². The average Bonchev–Trinajstić information content (AvgIpc) is 2.81. The summed E-state index contributed by atoms with van der Waals surface area (Å²) in [6.45, 7) is 1.34. The standard InChI is InChI=1S/C16H20N6O2/c17-15(23)14-11(5-4-8-18-14)16(24)19-9-7-13-21-20-12-6-2-1-3-10-22(12)13/h4-5,8H,1-3,6-7,9-10H2,(H2,17,23)(H,19,24). The summed E-state index contributed by atoms with van der Waals surface area (Å²) in [7, 11) is 0. The van der Waals surface area contributed by atoms with Crippen molar-refractivity contribution in [2.24, 2.45) is 5.73 Å². The number of aromatic nitrogens is 4. The molecule has 0 saturated carbocycles. The fraction of sp³-hybridized carbons (Fsp3) is 0.438. The molecule has 0 aromatic carbocycles. The van der Waals surface area contributed by atoms with Crippen LogP contribution in [0.5, 0.6) is 0 Å². The van der Waals surface area contributed by atoms with Crippen molar-refractivity contribution in [2.45, 2.75) is 38.6 Å². The van der Waals surface area contributed by atoms with E-state index in [2.05, 4.69) is 25.1 Å². The van der Waals surface area contributed by atoms with Crippen molar-refractivity contribution in [3.8, 4) is 0 Å². The third kappa shape index (κ3) is 3.42. The fourth-order valence-electron chi connectivity index (χ4n) is 2.90. The second kappa shape index (κ2) is 7.20. The van der Waals surface area contributed by atoms with Gasteiger partial charge in [0.1, 0.15) is 17.3 Å². The predicted molar refractivity (Wildman–Crippen MR) is 86.4 cm³/mol. The molecule has 0 fully saturated rings. The molecule has 8 heteroatoms. The molecule has 0 spiro atoms. The summed E-state index contributed by atoms with van der Waals surface area (Å²) >= 11 is 0. The van der Waals surface area contributed by atoms with Crippen LogP contribution in [0.25, 0.3) is 0 Å². The Hall–Kier alpha value is -2.77. The van der Waals surface area contributed by atoms with Crippen LogP contribution in [0.3, 0.4) is 0 Å². The molecule has 24 heavy (non-hydrogen) atoms. The molecule has 1 aliphatic rings. The molecule has 3 heterocycles. The quantitative estimate of drug-likeness (QED) is 0.828. The molecule has 0 radical (unpaired) electrons. The zero-order chi connectivity index (χ0) is 16.9. The molecule has 1 aliphatic heterocycles. The summed E-state index contributed by atoms with van der Waals surface area (Å²) in [6, 6.07) is 3.13. The minimum atomic E-state index is -0.719. The van der Waals surface area contributed by atoms with Crippen molar-refractivity contribution in [3.63, 3.8) is 0 Å². The number of rotatable bonds is 5. The molecule has 3 N–H and O–H groups in total. The number of hydrogen-bond acceptors (Lipinski definition) is 5. The molecular weight excluding hydrogens is 308 g/mol. The predicted octanol–water partition coefficient (Wildman–Crippen LogP) is 0.471. The highest BCUT2D eigenvalue weighted by Gasteiger charge is 2.17. The Kier molecular flexibility index (Phi) is 4.83. The minimum absolute atomic E-state index is 0.0219. The van der Waals surface area contributed by atoms with E-state index in [0.717, 1.165) is 37.5 Å². The monoisotopic (exact) mass is 328 g/mol. The van der Waals surface area contributed by atoms with Gasteiger partial charge < -0.3 is 15.6 Å². The van der Waals surface area contributed by atoms with Crippen LogP contribution in [0.4, 0.5) is 0 Å². The number of aryl methyl sites for hydroxylation is 1. The van der Waals surface area contributed by atoms with Gasteiger partial charge in [0.05, 0.1) is 5.56 Å². The van der Waals surface area contributed by atoms with Gasteiger partial charge in [-0.15, -0.1) is 10.2 Å². The van der Waals surface area contributed by atoms with E-state index in [0.29, 0.717) is 13.0 Å². The van der Waals surface area contributed by atoms with E-state index in [9.17, 15) is 9.59 Å². The maximum atomic E-state index is 12.2. The summed E-state index contributed by atoms with van der Waals surface area (Å²) in [4.78, 5) is 27.4. The molecule has 2 aromatic heterocycles. The molecule has 0 atom stereocenters. The molecule has 0 saturated heterocycles. The van der Waals surface area contributed by atoms with Crippen LogP contribution in [0.15, 0.2) is 18.3 Å². The first-order chi connectivity index (χ1) is 11.7. The third-order valence-electron chi connectivity index (χ3n) is 4.11. The summed E-state index contributed by atoms with van der Waals surface area (Å²) in [5, 5.41) is 11.3. The number of amides is 2. The topological polar surface area (TPSA) is 116 Å². The average molecular weight is 328 g/mol. The van der Waals surface area contributed by atoms with E-state index in [1.54, 1.807) is 6.07 Å². The lowest BCUT2D eigenvalue weighted by atomic mass is 10.1. The van der Waals surface area contributed by atoms with E-state index < -0.39 is 5.91 Å². The summed E-state index contributed by atoms with van der Waals surface area (Å²) in [5.41, 5.74) is 5.41. The summed E-state index contributed by atoms with van der Waals surface area (Å²) in [6.07, 6.45) is 6.45. The molecule has 0 unspecified atom stereocenters. The van der Waals surface area contributed by atoms with Gasteiger partial charge in [0.2, 0.25) is 0 Å². The van der Waals surface area contributed by atoms with Crippen LogP contribution in [0, 0.1) is 0 Å². The second-order valence-corrected chi connectivity index (χ2v) is 5.76. The van der Waals surface area contributed by atoms with E-state index in [1.807, 2.05) is 0 Å². The van der Waals surface area contributed by atoms with Gasteiger partial charge in [-0.1, -0.05) is 6.42 Å². The first-order valence-corrected chi connectivity index (χ1v) is 8.11. The van der Waals surface area contributed by atoms with Crippen LogP contribution in [-0.2, 0) is 19.4 Å². The third-order valence-corrected chi connectivity index (χ3v) is 4.11. The number of carbonyl (C=O) groups is 2. The number of pyridine rings is 1. The van der Waals surface area contributed by atoms with Crippen molar-refractivity contribution in [3.05, 3.63) is 41.2 Å². The van der Waals surface area contributed by atoms with Gasteiger partial charge in [0.15, 0.2) is 0 Å². The molecule has 0 bridgehead atoms. The minimum Gasteiger partial charge on any atom is -0.364 e. The molecule has 2 aromatic rings. The van der Waals surface area contributed by atoms with Gasteiger partial charge in [-0.2, -0.15) is 0 Å². The number of carbonyl (C=O) groups excluding carboxylic acids is 2. The Morgan fingerprint density at radius 1 is 1.25 bits per heavy atom. The normalized spacial score (nSPS) is 13.8. The van der Waals surface area contributed by atoms with Gasteiger partial charge in [0, 0.05) is 32.1 Å². The molecule has 2 amide bonds. The number of nitrogens with zero attached hydrogens (tertiary/aromatic N) is 4. The summed E-state index contributed by atoms with van der Waals surface area (Å²) < 4.78 is 2.15. The highest BCUT2D eigenvalue weighted by Crippen LogP contribution is 2.14. The molecule has 8 nitrogen and oxygen atoms in total. The maximum absolute atomic E-state index is 12.2. The highest BCUT2D eigenvalue weighted by molar-refractivity contribution is 6.05. The largest absolute Gasteiger partial charge is 0.364 e. The number of nitrogens with one attached hydrogen (secondary N) is 1. The number of nitrogens with two attached hydrogens (primary N) is 1. The second-order valence-electron chi connectivity index (χ2n) is 5.76. The Bertz CT molecular complexity index is 755. The van der Waals surface area contributed by atoms with Crippen LogP contribution in [-0.4, -0.2) is 38.1 Å². The Morgan fingerprint density at radius 3 is 2.96 bits per heavy atom. The van der Waals surface area contributed by atoms with Gasteiger partial charge in [-0.3, -0.25) is 14.6 Å². The lowest BCUT2D eigenvalue weighted by Gasteiger charge is -2.09. The van der Waals surface area contributed by atoms with Gasteiger partial charge in [-0.25, -0.2) is 0 Å². The fourth-order valence-corrected chi connectivity index (χ4v) is 2.90. The first kappa shape index (κ1) is 16.1. The number of hydrogen-bond donors (Lipinski definition) is 2. The van der Waals surface area contributed by atoms with Gasteiger partial charge in [0.25, 0.3) is 11.8 Å². The number of fused-ring (bicyclic) bond motifs is 1.